The number of aromatic nitrogens is 3. The quantitative estimate of drug-likeness (QED) is 0.685. The molecule has 0 aromatic carbocycles. The van der Waals surface area contributed by atoms with Gasteiger partial charge in [-0.2, -0.15) is 5.10 Å². The summed E-state index contributed by atoms with van der Waals surface area (Å²) in [6.07, 6.45) is 2.36. The minimum atomic E-state index is -0.176. The van der Waals surface area contributed by atoms with Crippen molar-refractivity contribution in [3.05, 3.63) is 30.0 Å². The fraction of sp³-hybridized carbons (Fsp3) is 0.562. The third-order valence-electron chi connectivity index (χ3n) is 3.99. The summed E-state index contributed by atoms with van der Waals surface area (Å²) >= 11 is 1.47. The molecule has 2 aromatic rings. The third-order valence-corrected chi connectivity index (χ3v) is 4.89. The molecule has 3 rings (SSSR count). The van der Waals surface area contributed by atoms with E-state index < -0.39 is 0 Å². The molecular formula is C16H23N5O3S. The molecule has 0 saturated carbocycles. The van der Waals surface area contributed by atoms with E-state index in [0.717, 1.165) is 50.2 Å². The van der Waals surface area contributed by atoms with Crippen molar-refractivity contribution in [1.29, 1.82) is 0 Å². The smallest absolute Gasteiger partial charge is 0.287 e. The van der Waals surface area contributed by atoms with Crippen LogP contribution < -0.4 is 5.32 Å². The summed E-state index contributed by atoms with van der Waals surface area (Å²) in [4.78, 5) is 18.7. The first-order valence-corrected chi connectivity index (χ1v) is 9.37. The molecule has 0 unspecified atom stereocenters. The lowest BCUT2D eigenvalue weighted by Gasteiger charge is -2.27. The van der Waals surface area contributed by atoms with Gasteiger partial charge in [-0.05, 0) is 25.5 Å². The van der Waals surface area contributed by atoms with Gasteiger partial charge in [-0.1, -0.05) is 11.8 Å². The predicted octanol–water partition coefficient (Wildman–Crippen LogP) is 1.53. The van der Waals surface area contributed by atoms with Crippen LogP contribution in [0, 0.1) is 0 Å². The molecule has 136 valence electrons. The summed E-state index contributed by atoms with van der Waals surface area (Å²) < 4.78 is 11.0. The van der Waals surface area contributed by atoms with Gasteiger partial charge < -0.3 is 14.5 Å². The molecule has 1 aliphatic rings. The van der Waals surface area contributed by atoms with Crippen molar-refractivity contribution in [2.45, 2.75) is 30.3 Å². The number of morpholine rings is 1. The molecule has 1 aliphatic heterocycles. The van der Waals surface area contributed by atoms with Gasteiger partial charge in [0, 0.05) is 25.7 Å². The van der Waals surface area contributed by atoms with Crippen molar-refractivity contribution in [2.24, 2.45) is 0 Å². The minimum Gasteiger partial charge on any atom is -0.455 e. The number of nitrogens with one attached hydrogen (secondary N) is 2. The van der Waals surface area contributed by atoms with Gasteiger partial charge in [0.25, 0.3) is 5.91 Å². The van der Waals surface area contributed by atoms with Gasteiger partial charge in [0.2, 0.25) is 0 Å². The van der Waals surface area contributed by atoms with Gasteiger partial charge in [0.15, 0.2) is 10.9 Å². The number of nitrogens with zero attached hydrogens (tertiary/aromatic N) is 3. The van der Waals surface area contributed by atoms with Gasteiger partial charge in [0.1, 0.15) is 12.1 Å². The number of amides is 1. The molecule has 2 aromatic heterocycles. The standard InChI is InChI=1S/C16H23N5O3S/c1-12(4-5-21-6-8-23-9-7-21)19-15(22)14-3-2-13(24-14)10-25-16-17-11-18-20-16/h2-3,11-12H,4-10H2,1H3,(H,19,22)(H,17,18,20)/t12-/m0/s1. The molecule has 3 heterocycles. The lowest BCUT2D eigenvalue weighted by molar-refractivity contribution is 0.0362. The fourth-order valence-corrected chi connectivity index (χ4v) is 3.22. The van der Waals surface area contributed by atoms with Crippen LogP contribution >= 0.6 is 11.8 Å². The number of rotatable bonds is 8. The number of H-pyrrole nitrogens is 1. The Hall–Kier alpha value is -1.84. The van der Waals surface area contributed by atoms with E-state index >= 15 is 0 Å². The SMILES string of the molecule is C[C@@H](CCN1CCOCC1)NC(=O)c1ccc(CSc2ncn[nH]2)o1. The van der Waals surface area contributed by atoms with Crippen molar-refractivity contribution in [3.8, 4) is 0 Å². The molecule has 0 spiro atoms. The Labute approximate surface area is 150 Å². The lowest BCUT2D eigenvalue weighted by atomic mass is 10.2. The van der Waals surface area contributed by atoms with E-state index in [1.165, 1.54) is 18.1 Å². The van der Waals surface area contributed by atoms with E-state index in [2.05, 4.69) is 25.4 Å². The zero-order valence-corrected chi connectivity index (χ0v) is 15.1. The predicted molar refractivity (Wildman–Crippen MR) is 93.5 cm³/mol. The van der Waals surface area contributed by atoms with Crippen molar-refractivity contribution in [3.63, 3.8) is 0 Å². The maximum Gasteiger partial charge on any atom is 0.287 e. The highest BCUT2D eigenvalue weighted by molar-refractivity contribution is 7.98. The van der Waals surface area contributed by atoms with E-state index in [1.807, 2.05) is 13.0 Å². The number of ether oxygens (including phenoxy) is 1. The number of hydrogen-bond donors (Lipinski definition) is 2. The highest BCUT2D eigenvalue weighted by atomic mass is 32.2. The lowest BCUT2D eigenvalue weighted by Crippen LogP contribution is -2.40. The Balaban J connectivity index is 1.41. The highest BCUT2D eigenvalue weighted by Crippen LogP contribution is 2.20. The Bertz CT molecular complexity index is 655. The summed E-state index contributed by atoms with van der Waals surface area (Å²) in [6, 6.07) is 3.62. The van der Waals surface area contributed by atoms with Crippen molar-refractivity contribution in [2.75, 3.05) is 32.8 Å². The van der Waals surface area contributed by atoms with E-state index in [-0.39, 0.29) is 11.9 Å². The second-order valence-electron chi connectivity index (χ2n) is 5.96. The molecular weight excluding hydrogens is 342 g/mol. The van der Waals surface area contributed by atoms with E-state index in [0.29, 0.717) is 11.5 Å². The number of carbonyl (C=O) groups is 1. The van der Waals surface area contributed by atoms with Crippen LogP contribution in [0.3, 0.4) is 0 Å². The topological polar surface area (TPSA) is 96.3 Å². The van der Waals surface area contributed by atoms with Crippen LogP contribution in [0.15, 0.2) is 28.0 Å². The Kier molecular flexibility index (Phi) is 6.48. The zero-order valence-electron chi connectivity index (χ0n) is 14.2. The van der Waals surface area contributed by atoms with Crippen LogP contribution in [0.25, 0.3) is 0 Å². The van der Waals surface area contributed by atoms with Crippen LogP contribution in [0.1, 0.15) is 29.7 Å². The molecule has 2 N–H and O–H groups in total. The largest absolute Gasteiger partial charge is 0.455 e. The molecule has 1 fully saturated rings. The van der Waals surface area contributed by atoms with Gasteiger partial charge >= 0.3 is 0 Å². The average Bonchev–Trinajstić information content (AvgIpc) is 3.30. The summed E-state index contributed by atoms with van der Waals surface area (Å²) in [5.74, 6) is 1.49. The first-order valence-electron chi connectivity index (χ1n) is 8.38. The van der Waals surface area contributed by atoms with E-state index in [1.54, 1.807) is 6.07 Å². The van der Waals surface area contributed by atoms with Crippen LogP contribution in [-0.2, 0) is 10.5 Å². The van der Waals surface area contributed by atoms with E-state index in [9.17, 15) is 4.79 Å². The molecule has 8 nitrogen and oxygen atoms in total. The molecule has 1 amide bonds. The first kappa shape index (κ1) is 18.0. The second kappa shape index (κ2) is 9.02. The number of aromatic amines is 1. The summed E-state index contributed by atoms with van der Waals surface area (Å²) in [5, 5.41) is 10.3. The van der Waals surface area contributed by atoms with Crippen molar-refractivity contribution < 1.29 is 13.9 Å². The number of hydrogen-bond acceptors (Lipinski definition) is 7. The molecule has 1 atom stereocenters. The summed E-state index contributed by atoms with van der Waals surface area (Å²) in [7, 11) is 0. The molecule has 0 radical (unpaired) electrons. The highest BCUT2D eigenvalue weighted by Gasteiger charge is 2.16. The summed E-state index contributed by atoms with van der Waals surface area (Å²) in [6.45, 7) is 6.49. The third kappa shape index (κ3) is 5.58. The summed E-state index contributed by atoms with van der Waals surface area (Å²) in [5.41, 5.74) is 0. The van der Waals surface area contributed by atoms with Crippen molar-refractivity contribution >= 4 is 17.7 Å². The zero-order chi connectivity index (χ0) is 17.5. The van der Waals surface area contributed by atoms with E-state index in [4.69, 9.17) is 9.15 Å². The van der Waals surface area contributed by atoms with Crippen molar-refractivity contribution in [1.82, 2.24) is 25.4 Å². The Morgan fingerprint density at radius 3 is 3.04 bits per heavy atom. The van der Waals surface area contributed by atoms with Gasteiger partial charge in [-0.15, -0.1) is 0 Å². The molecule has 1 saturated heterocycles. The van der Waals surface area contributed by atoms with Gasteiger partial charge in [-0.3, -0.25) is 14.8 Å². The van der Waals surface area contributed by atoms with Crippen LogP contribution in [0.2, 0.25) is 0 Å². The molecule has 25 heavy (non-hydrogen) atoms. The average molecular weight is 365 g/mol. The maximum absolute atomic E-state index is 12.3. The Morgan fingerprint density at radius 2 is 2.28 bits per heavy atom. The maximum atomic E-state index is 12.3. The van der Waals surface area contributed by atoms with Crippen LogP contribution in [0.4, 0.5) is 0 Å². The van der Waals surface area contributed by atoms with Crippen LogP contribution in [0.5, 0.6) is 0 Å². The number of carbonyl (C=O) groups excluding carboxylic acids is 1. The normalized spacial score (nSPS) is 16.7. The Morgan fingerprint density at radius 1 is 1.44 bits per heavy atom. The number of furan rings is 1. The molecule has 0 aliphatic carbocycles. The molecule has 0 bridgehead atoms. The second-order valence-corrected chi connectivity index (χ2v) is 6.93. The van der Waals surface area contributed by atoms with Gasteiger partial charge in [0.05, 0.1) is 19.0 Å². The fourth-order valence-electron chi connectivity index (χ4n) is 2.55. The van der Waals surface area contributed by atoms with Gasteiger partial charge in [-0.25, -0.2) is 4.98 Å². The monoisotopic (exact) mass is 365 g/mol. The number of thioether (sulfide) groups is 1. The molecule has 9 heteroatoms. The first-order chi connectivity index (χ1) is 12.2. The minimum absolute atomic E-state index is 0.0902. The van der Waals surface area contributed by atoms with Crippen LogP contribution in [-0.4, -0.2) is 64.9 Å².